The minimum absolute atomic E-state index is 0.183. The van der Waals surface area contributed by atoms with Crippen LogP contribution in [0, 0.1) is 5.41 Å². The van der Waals surface area contributed by atoms with Crippen LogP contribution in [0.1, 0.15) is 32.1 Å². The molecule has 2 aliphatic rings. The number of rotatable bonds is 4. The van der Waals surface area contributed by atoms with Crippen LogP contribution < -0.4 is 11.1 Å². The van der Waals surface area contributed by atoms with E-state index in [4.69, 9.17) is 5.73 Å². The van der Waals surface area contributed by atoms with E-state index in [1.807, 2.05) is 11.8 Å². The number of nitrogens with one attached hydrogen (secondary N) is 1. The van der Waals surface area contributed by atoms with Gasteiger partial charge in [-0.05, 0) is 38.4 Å². The quantitative estimate of drug-likeness (QED) is 0.758. The van der Waals surface area contributed by atoms with Crippen molar-refractivity contribution >= 4 is 17.7 Å². The maximum Gasteiger partial charge on any atom is 0.227 e. The van der Waals surface area contributed by atoms with E-state index in [1.54, 1.807) is 0 Å². The monoisotopic (exact) mass is 228 g/mol. The van der Waals surface area contributed by atoms with Crippen molar-refractivity contribution in [3.05, 3.63) is 0 Å². The molecule has 0 spiro atoms. The standard InChI is InChI=1S/C11H20N2OS/c1-15-9-3-2-8(6-9)13-10(14)11(7-12)4-5-11/h8-9H,2-7,12H2,1H3,(H,13,14). The molecule has 0 radical (unpaired) electrons. The molecule has 0 aliphatic heterocycles. The van der Waals surface area contributed by atoms with Gasteiger partial charge in [-0.25, -0.2) is 0 Å². The van der Waals surface area contributed by atoms with Gasteiger partial charge in [-0.3, -0.25) is 4.79 Å². The van der Waals surface area contributed by atoms with Crippen molar-refractivity contribution in [1.29, 1.82) is 0 Å². The van der Waals surface area contributed by atoms with E-state index in [2.05, 4.69) is 11.6 Å². The molecule has 2 atom stereocenters. The molecule has 4 heteroatoms. The molecule has 0 aromatic carbocycles. The number of thioether (sulfide) groups is 1. The van der Waals surface area contributed by atoms with Crippen LogP contribution in [0.3, 0.4) is 0 Å². The summed E-state index contributed by atoms with van der Waals surface area (Å²) in [6.07, 6.45) is 7.62. The zero-order chi connectivity index (χ0) is 10.9. The Bertz CT molecular complexity index is 253. The second kappa shape index (κ2) is 4.34. The van der Waals surface area contributed by atoms with E-state index in [1.165, 1.54) is 6.42 Å². The molecule has 3 N–H and O–H groups in total. The Balaban J connectivity index is 1.80. The van der Waals surface area contributed by atoms with E-state index in [0.717, 1.165) is 30.9 Å². The molecular formula is C11H20N2OS. The van der Waals surface area contributed by atoms with Crippen LogP contribution in [-0.4, -0.2) is 30.0 Å². The van der Waals surface area contributed by atoms with Crippen LogP contribution in [-0.2, 0) is 4.79 Å². The first kappa shape index (κ1) is 11.3. The van der Waals surface area contributed by atoms with Crippen LogP contribution in [0.2, 0.25) is 0 Å². The van der Waals surface area contributed by atoms with Gasteiger partial charge in [-0.15, -0.1) is 0 Å². The zero-order valence-electron chi connectivity index (χ0n) is 9.29. The van der Waals surface area contributed by atoms with Gasteiger partial charge in [0.25, 0.3) is 0 Å². The van der Waals surface area contributed by atoms with E-state index < -0.39 is 0 Å². The van der Waals surface area contributed by atoms with E-state index in [-0.39, 0.29) is 11.3 Å². The summed E-state index contributed by atoms with van der Waals surface area (Å²) in [7, 11) is 0. The summed E-state index contributed by atoms with van der Waals surface area (Å²) in [5, 5.41) is 3.90. The highest BCUT2D eigenvalue weighted by atomic mass is 32.2. The van der Waals surface area contributed by atoms with Crippen molar-refractivity contribution in [2.45, 2.75) is 43.4 Å². The molecule has 0 heterocycles. The predicted octanol–water partition coefficient (Wildman–Crippen LogP) is 1.13. The summed E-state index contributed by atoms with van der Waals surface area (Å²) in [6.45, 7) is 0.511. The van der Waals surface area contributed by atoms with Gasteiger partial charge in [-0.2, -0.15) is 11.8 Å². The Morgan fingerprint density at radius 3 is 2.73 bits per heavy atom. The molecule has 2 fully saturated rings. The molecule has 0 aromatic rings. The van der Waals surface area contributed by atoms with Crippen molar-refractivity contribution in [3.63, 3.8) is 0 Å². The lowest BCUT2D eigenvalue weighted by atomic mass is 10.1. The first-order valence-corrected chi connectivity index (χ1v) is 7.03. The lowest BCUT2D eigenvalue weighted by molar-refractivity contribution is -0.126. The van der Waals surface area contributed by atoms with Crippen molar-refractivity contribution in [2.24, 2.45) is 11.1 Å². The molecule has 15 heavy (non-hydrogen) atoms. The van der Waals surface area contributed by atoms with Gasteiger partial charge >= 0.3 is 0 Å². The average molecular weight is 228 g/mol. The minimum atomic E-state index is -0.183. The van der Waals surface area contributed by atoms with Gasteiger partial charge < -0.3 is 11.1 Å². The highest BCUT2D eigenvalue weighted by Gasteiger charge is 2.49. The Labute approximate surface area is 95.6 Å². The van der Waals surface area contributed by atoms with E-state index >= 15 is 0 Å². The second-order valence-corrected chi connectivity index (χ2v) is 5.96. The number of carbonyl (C=O) groups excluding carboxylic acids is 1. The number of carbonyl (C=O) groups is 1. The SMILES string of the molecule is CSC1CCC(NC(=O)C2(CN)CC2)C1. The Hall–Kier alpha value is -0.220. The normalized spacial score (nSPS) is 32.7. The molecular weight excluding hydrogens is 208 g/mol. The molecule has 2 rings (SSSR count). The molecule has 0 saturated heterocycles. The lowest BCUT2D eigenvalue weighted by Crippen LogP contribution is -2.41. The van der Waals surface area contributed by atoms with Gasteiger partial charge in [0, 0.05) is 17.8 Å². The summed E-state index contributed by atoms with van der Waals surface area (Å²) in [5.74, 6) is 0.205. The van der Waals surface area contributed by atoms with E-state index in [0.29, 0.717) is 12.6 Å². The van der Waals surface area contributed by atoms with Crippen molar-refractivity contribution in [3.8, 4) is 0 Å². The minimum Gasteiger partial charge on any atom is -0.353 e. The maximum atomic E-state index is 11.9. The summed E-state index contributed by atoms with van der Waals surface area (Å²) >= 11 is 1.92. The third-order valence-electron chi connectivity index (χ3n) is 3.78. The van der Waals surface area contributed by atoms with Crippen molar-refractivity contribution in [2.75, 3.05) is 12.8 Å². The zero-order valence-corrected chi connectivity index (χ0v) is 10.1. The first-order chi connectivity index (χ1) is 7.20. The van der Waals surface area contributed by atoms with Crippen molar-refractivity contribution < 1.29 is 4.79 Å². The molecule has 2 aliphatic carbocycles. The van der Waals surface area contributed by atoms with Crippen molar-refractivity contribution in [1.82, 2.24) is 5.32 Å². The predicted molar refractivity (Wildman–Crippen MR) is 63.8 cm³/mol. The van der Waals surface area contributed by atoms with Crippen LogP contribution in [0.5, 0.6) is 0 Å². The topological polar surface area (TPSA) is 55.1 Å². The lowest BCUT2D eigenvalue weighted by Gasteiger charge is -2.17. The maximum absolute atomic E-state index is 11.9. The van der Waals surface area contributed by atoms with Crippen LogP contribution in [0.4, 0.5) is 0 Å². The number of nitrogens with two attached hydrogens (primary N) is 1. The number of hydrogen-bond acceptors (Lipinski definition) is 3. The third kappa shape index (κ3) is 2.31. The fraction of sp³-hybridized carbons (Fsp3) is 0.909. The summed E-state index contributed by atoms with van der Waals surface area (Å²) < 4.78 is 0. The Kier molecular flexibility index (Phi) is 3.26. The summed E-state index contributed by atoms with van der Waals surface area (Å²) in [4.78, 5) is 11.9. The number of hydrogen-bond donors (Lipinski definition) is 2. The molecule has 86 valence electrons. The molecule has 0 aromatic heterocycles. The summed E-state index contributed by atoms with van der Waals surface area (Å²) in [6, 6.07) is 0.402. The molecule has 1 amide bonds. The average Bonchev–Trinajstić information content (AvgIpc) is 2.94. The van der Waals surface area contributed by atoms with Gasteiger partial charge in [0.05, 0.1) is 5.41 Å². The van der Waals surface area contributed by atoms with Crippen LogP contribution >= 0.6 is 11.8 Å². The molecule has 2 unspecified atom stereocenters. The highest BCUT2D eigenvalue weighted by molar-refractivity contribution is 7.99. The highest BCUT2D eigenvalue weighted by Crippen LogP contribution is 2.45. The van der Waals surface area contributed by atoms with Crippen LogP contribution in [0.15, 0.2) is 0 Å². The smallest absolute Gasteiger partial charge is 0.227 e. The molecule has 0 bridgehead atoms. The van der Waals surface area contributed by atoms with Gasteiger partial charge in [-0.1, -0.05) is 0 Å². The van der Waals surface area contributed by atoms with Gasteiger partial charge in [0.1, 0.15) is 0 Å². The largest absolute Gasteiger partial charge is 0.353 e. The van der Waals surface area contributed by atoms with Gasteiger partial charge in [0.2, 0.25) is 5.91 Å². The summed E-state index contributed by atoms with van der Waals surface area (Å²) in [5.41, 5.74) is 5.45. The Morgan fingerprint density at radius 2 is 2.27 bits per heavy atom. The fourth-order valence-corrected chi connectivity index (χ4v) is 3.10. The Morgan fingerprint density at radius 1 is 1.53 bits per heavy atom. The van der Waals surface area contributed by atoms with Gasteiger partial charge in [0.15, 0.2) is 0 Å². The first-order valence-electron chi connectivity index (χ1n) is 5.74. The molecule has 3 nitrogen and oxygen atoms in total. The van der Waals surface area contributed by atoms with E-state index in [9.17, 15) is 4.79 Å². The second-order valence-electron chi connectivity index (χ2n) is 4.83. The van der Waals surface area contributed by atoms with Crippen LogP contribution in [0.25, 0.3) is 0 Å². The molecule has 2 saturated carbocycles. The number of amides is 1. The fourth-order valence-electron chi connectivity index (χ4n) is 2.30. The third-order valence-corrected chi connectivity index (χ3v) is 4.87.